The zero-order chi connectivity index (χ0) is 21.6. The number of rotatable bonds is 7. The molecule has 0 unspecified atom stereocenters. The molecular formula is C23H25FN4O2S. The highest BCUT2D eigenvalue weighted by atomic mass is 32.1. The van der Waals surface area contributed by atoms with Crippen molar-refractivity contribution in [1.29, 1.82) is 5.41 Å². The van der Waals surface area contributed by atoms with Crippen molar-refractivity contribution in [2.75, 3.05) is 11.9 Å². The molecule has 2 aromatic carbocycles. The summed E-state index contributed by atoms with van der Waals surface area (Å²) in [6.45, 7) is 0.739. The summed E-state index contributed by atoms with van der Waals surface area (Å²) in [6, 6.07) is 13.1. The van der Waals surface area contributed by atoms with Gasteiger partial charge in [-0.25, -0.2) is 4.39 Å². The van der Waals surface area contributed by atoms with Gasteiger partial charge in [-0.05, 0) is 78.8 Å². The van der Waals surface area contributed by atoms with Gasteiger partial charge in [-0.1, -0.05) is 19.3 Å². The van der Waals surface area contributed by atoms with Gasteiger partial charge in [0.2, 0.25) is 5.88 Å². The van der Waals surface area contributed by atoms with E-state index in [-0.39, 0.29) is 17.5 Å². The van der Waals surface area contributed by atoms with E-state index in [1.54, 1.807) is 24.3 Å². The highest BCUT2D eigenvalue weighted by Crippen LogP contribution is 2.33. The van der Waals surface area contributed by atoms with Crippen molar-refractivity contribution >= 4 is 28.1 Å². The van der Waals surface area contributed by atoms with Crippen molar-refractivity contribution in [3.05, 3.63) is 59.9 Å². The van der Waals surface area contributed by atoms with E-state index in [4.69, 9.17) is 10.1 Å². The molecule has 4 rings (SSSR count). The highest BCUT2D eigenvalue weighted by molar-refractivity contribution is 7.11. The Morgan fingerprint density at radius 3 is 2.39 bits per heavy atom. The fourth-order valence-corrected chi connectivity index (χ4v) is 4.41. The van der Waals surface area contributed by atoms with E-state index in [2.05, 4.69) is 15.0 Å². The van der Waals surface area contributed by atoms with Gasteiger partial charge in [0.1, 0.15) is 33.7 Å². The minimum Gasteiger partial charge on any atom is -0.492 e. The third-order valence-electron chi connectivity index (χ3n) is 5.38. The molecule has 0 radical (unpaired) electrons. The van der Waals surface area contributed by atoms with E-state index in [0.717, 1.165) is 23.8 Å². The third kappa shape index (κ3) is 5.52. The Labute approximate surface area is 184 Å². The van der Waals surface area contributed by atoms with E-state index < -0.39 is 0 Å². The first kappa shape index (κ1) is 21.1. The molecule has 0 bridgehead atoms. The molecule has 0 amide bonds. The van der Waals surface area contributed by atoms with Crippen LogP contribution in [0.3, 0.4) is 0 Å². The summed E-state index contributed by atoms with van der Waals surface area (Å²) in [5.41, 5.74) is 1.16. The number of aromatic hydroxyl groups is 1. The van der Waals surface area contributed by atoms with Crippen molar-refractivity contribution in [1.82, 2.24) is 9.69 Å². The summed E-state index contributed by atoms with van der Waals surface area (Å²) in [5.74, 6) is 1.46. The van der Waals surface area contributed by atoms with Crippen LogP contribution in [0.2, 0.25) is 0 Å². The summed E-state index contributed by atoms with van der Waals surface area (Å²) in [6.07, 6.45) is 6.17. The first-order valence-corrected chi connectivity index (χ1v) is 11.2. The maximum atomic E-state index is 13.0. The zero-order valence-corrected chi connectivity index (χ0v) is 17.8. The Morgan fingerprint density at radius 2 is 1.71 bits per heavy atom. The second-order valence-electron chi connectivity index (χ2n) is 7.68. The van der Waals surface area contributed by atoms with Crippen LogP contribution in [-0.4, -0.2) is 21.9 Å². The van der Waals surface area contributed by atoms with Crippen LogP contribution in [0.15, 0.2) is 48.5 Å². The van der Waals surface area contributed by atoms with Crippen molar-refractivity contribution in [2.24, 2.45) is 5.92 Å². The summed E-state index contributed by atoms with van der Waals surface area (Å²) in [7, 11) is 0. The average Bonchev–Trinajstić information content (AvgIpc) is 3.15. The fraction of sp³-hybridized carbons (Fsp3) is 0.304. The quantitative estimate of drug-likeness (QED) is 0.266. The second kappa shape index (κ2) is 9.78. The summed E-state index contributed by atoms with van der Waals surface area (Å²) >= 11 is 1.11. The molecular weight excluding hydrogens is 415 g/mol. The Hall–Kier alpha value is -3.13. The normalized spacial score (nSPS) is 14.2. The van der Waals surface area contributed by atoms with Crippen LogP contribution in [0, 0.1) is 17.1 Å². The number of benzene rings is 2. The van der Waals surface area contributed by atoms with Gasteiger partial charge >= 0.3 is 0 Å². The first-order valence-electron chi connectivity index (χ1n) is 10.4. The standard InChI is InChI=1S/C23H25FN4O2S/c24-16-6-10-18(11-7-16)30-19-12-8-17(9-13-19)27-23-20(22(29)28-31-23)21(25)26-14-15-4-2-1-3-5-15/h6-13,15,27H,1-5,14H2,(H2,25,26)(H,28,29). The maximum Gasteiger partial charge on any atom is 0.236 e. The minimum atomic E-state index is -0.311. The predicted octanol–water partition coefficient (Wildman–Crippen LogP) is 6.02. The summed E-state index contributed by atoms with van der Waals surface area (Å²) in [4.78, 5) is 0. The molecule has 162 valence electrons. The number of nitrogens with zero attached hydrogens (tertiary/aromatic N) is 1. The molecule has 1 heterocycles. The Morgan fingerprint density at radius 1 is 1.06 bits per heavy atom. The third-order valence-corrected chi connectivity index (χ3v) is 6.13. The molecule has 0 aliphatic heterocycles. The van der Waals surface area contributed by atoms with Crippen LogP contribution in [0.25, 0.3) is 0 Å². The lowest BCUT2D eigenvalue weighted by atomic mass is 9.89. The molecule has 1 aromatic heterocycles. The van der Waals surface area contributed by atoms with Crippen molar-refractivity contribution in [3.8, 4) is 17.4 Å². The Balaban J connectivity index is 1.38. The van der Waals surface area contributed by atoms with Crippen molar-refractivity contribution < 1.29 is 14.2 Å². The van der Waals surface area contributed by atoms with Crippen LogP contribution < -0.4 is 15.4 Å². The van der Waals surface area contributed by atoms with Crippen LogP contribution >= 0.6 is 11.5 Å². The van der Waals surface area contributed by atoms with E-state index >= 15 is 0 Å². The SMILES string of the molecule is N=C(NCC1CCCCC1)c1c(O)nsc1Nc1ccc(Oc2ccc(F)cc2)cc1. The number of halogens is 1. The van der Waals surface area contributed by atoms with Gasteiger partial charge < -0.3 is 20.5 Å². The molecule has 0 saturated heterocycles. The Bertz CT molecular complexity index is 1020. The molecule has 1 aliphatic rings. The molecule has 4 N–H and O–H groups in total. The van der Waals surface area contributed by atoms with Crippen LogP contribution in [-0.2, 0) is 0 Å². The van der Waals surface area contributed by atoms with Gasteiger partial charge in [0.15, 0.2) is 0 Å². The number of ether oxygens (including phenoxy) is 1. The second-order valence-corrected chi connectivity index (χ2v) is 8.45. The van der Waals surface area contributed by atoms with Gasteiger partial charge in [-0.2, -0.15) is 4.37 Å². The number of hydrogen-bond donors (Lipinski definition) is 4. The summed E-state index contributed by atoms with van der Waals surface area (Å²) < 4.78 is 22.7. The smallest absolute Gasteiger partial charge is 0.236 e. The first-order chi connectivity index (χ1) is 15.1. The van der Waals surface area contributed by atoms with Crippen LogP contribution in [0.1, 0.15) is 37.7 Å². The Kier molecular flexibility index (Phi) is 6.66. The minimum absolute atomic E-state index is 0.148. The number of nitrogens with one attached hydrogen (secondary N) is 3. The van der Waals surface area contributed by atoms with E-state index in [1.165, 1.54) is 44.2 Å². The average molecular weight is 441 g/mol. The van der Waals surface area contributed by atoms with Crippen LogP contribution in [0.4, 0.5) is 15.1 Å². The molecule has 1 aliphatic carbocycles. The van der Waals surface area contributed by atoms with E-state index in [9.17, 15) is 9.50 Å². The van der Waals surface area contributed by atoms with Gasteiger partial charge in [0, 0.05) is 12.2 Å². The van der Waals surface area contributed by atoms with Crippen molar-refractivity contribution in [2.45, 2.75) is 32.1 Å². The maximum absolute atomic E-state index is 13.0. The highest BCUT2D eigenvalue weighted by Gasteiger charge is 2.20. The summed E-state index contributed by atoms with van der Waals surface area (Å²) in [5, 5.41) is 25.6. The molecule has 1 fully saturated rings. The van der Waals surface area contributed by atoms with Gasteiger partial charge in [0.25, 0.3) is 0 Å². The molecule has 3 aromatic rings. The van der Waals surface area contributed by atoms with E-state index in [1.807, 2.05) is 12.1 Å². The molecule has 8 heteroatoms. The molecule has 0 atom stereocenters. The van der Waals surface area contributed by atoms with Gasteiger partial charge in [-0.15, -0.1) is 0 Å². The monoisotopic (exact) mass is 440 g/mol. The zero-order valence-electron chi connectivity index (χ0n) is 17.0. The van der Waals surface area contributed by atoms with Gasteiger partial charge in [0.05, 0.1) is 0 Å². The molecule has 6 nitrogen and oxygen atoms in total. The number of amidine groups is 1. The lowest BCUT2D eigenvalue weighted by Gasteiger charge is -2.22. The van der Waals surface area contributed by atoms with E-state index in [0.29, 0.717) is 28.0 Å². The lowest BCUT2D eigenvalue weighted by Crippen LogP contribution is -2.30. The van der Waals surface area contributed by atoms with Gasteiger partial charge in [-0.3, -0.25) is 5.41 Å². The predicted molar refractivity (Wildman–Crippen MR) is 121 cm³/mol. The largest absolute Gasteiger partial charge is 0.492 e. The molecule has 31 heavy (non-hydrogen) atoms. The fourth-order valence-electron chi connectivity index (χ4n) is 3.69. The number of hydrogen-bond acceptors (Lipinski definition) is 6. The number of aromatic nitrogens is 1. The molecule has 0 spiro atoms. The van der Waals surface area contributed by atoms with Crippen molar-refractivity contribution in [3.63, 3.8) is 0 Å². The molecule has 1 saturated carbocycles. The number of anilines is 2. The lowest BCUT2D eigenvalue weighted by molar-refractivity contribution is 0.356. The topological polar surface area (TPSA) is 90.3 Å². The van der Waals surface area contributed by atoms with Crippen LogP contribution in [0.5, 0.6) is 17.4 Å².